The van der Waals surface area contributed by atoms with E-state index < -0.39 is 5.97 Å². The summed E-state index contributed by atoms with van der Waals surface area (Å²) < 4.78 is 9.01. The van der Waals surface area contributed by atoms with E-state index in [1.807, 2.05) is 71.4 Å². The third kappa shape index (κ3) is 5.82. The zero-order valence-electron chi connectivity index (χ0n) is 21.9. The van der Waals surface area contributed by atoms with Crippen molar-refractivity contribution < 1.29 is 14.3 Å². The molecule has 0 atom stereocenters. The van der Waals surface area contributed by atoms with E-state index in [9.17, 15) is 9.59 Å². The van der Waals surface area contributed by atoms with E-state index in [2.05, 4.69) is 20.7 Å². The minimum atomic E-state index is -0.404. The molecule has 2 N–H and O–H groups in total. The largest absolute Gasteiger partial charge is 0.461 e. The molecule has 0 saturated carbocycles. The minimum Gasteiger partial charge on any atom is -0.461 e. The van der Waals surface area contributed by atoms with Crippen LogP contribution in [0.25, 0.3) is 16.7 Å². The summed E-state index contributed by atoms with van der Waals surface area (Å²) in [5.41, 5.74) is 6.48. The summed E-state index contributed by atoms with van der Waals surface area (Å²) in [4.78, 5) is 28.9. The van der Waals surface area contributed by atoms with Gasteiger partial charge in [0.1, 0.15) is 6.33 Å². The molecule has 198 valence electrons. The van der Waals surface area contributed by atoms with Gasteiger partial charge in [0.2, 0.25) is 0 Å². The van der Waals surface area contributed by atoms with Gasteiger partial charge in [0, 0.05) is 42.3 Å². The van der Waals surface area contributed by atoms with E-state index in [1.165, 1.54) is 0 Å². The van der Waals surface area contributed by atoms with Crippen LogP contribution in [0.1, 0.15) is 38.9 Å². The van der Waals surface area contributed by atoms with Crippen LogP contribution in [-0.2, 0) is 17.7 Å². The monoisotopic (exact) mass is 522 g/mol. The number of ether oxygens (including phenoxy) is 1. The van der Waals surface area contributed by atoms with Gasteiger partial charge in [-0.25, -0.2) is 9.78 Å². The Balaban J connectivity index is 1.25. The molecule has 0 unspecified atom stereocenters. The van der Waals surface area contributed by atoms with Gasteiger partial charge in [-0.15, -0.1) is 0 Å². The Bertz CT molecular complexity index is 1590. The first-order valence-electron chi connectivity index (χ1n) is 12.9. The van der Waals surface area contributed by atoms with Crippen molar-refractivity contribution in [1.82, 2.24) is 24.6 Å². The number of fused-ring (bicyclic) bond motifs is 1. The predicted molar refractivity (Wildman–Crippen MR) is 150 cm³/mol. The third-order valence-corrected chi connectivity index (χ3v) is 6.40. The molecular weight excluding hydrogens is 492 g/mol. The molecule has 5 rings (SSSR count). The number of carbonyl (C=O) groups excluding carboxylic acids is 2. The van der Waals surface area contributed by atoms with E-state index in [4.69, 9.17) is 4.74 Å². The molecule has 0 aliphatic rings. The molecule has 0 radical (unpaired) electrons. The fourth-order valence-corrected chi connectivity index (χ4v) is 4.45. The maximum Gasteiger partial charge on any atom is 0.359 e. The second-order valence-corrected chi connectivity index (χ2v) is 9.03. The lowest BCUT2D eigenvalue weighted by Gasteiger charge is -2.09. The number of hydrogen-bond donors (Lipinski definition) is 2. The number of benzene rings is 3. The summed E-state index contributed by atoms with van der Waals surface area (Å²) in [7, 11) is 1.61. The first-order chi connectivity index (χ1) is 19.1. The van der Waals surface area contributed by atoms with Gasteiger partial charge in [0.25, 0.3) is 5.91 Å². The zero-order chi connectivity index (χ0) is 27.2. The van der Waals surface area contributed by atoms with E-state index in [1.54, 1.807) is 37.1 Å². The summed E-state index contributed by atoms with van der Waals surface area (Å²) >= 11 is 0. The van der Waals surface area contributed by atoms with Gasteiger partial charge in [-0.1, -0.05) is 30.3 Å². The lowest BCUT2D eigenvalue weighted by atomic mass is 10.1. The van der Waals surface area contributed by atoms with Crippen molar-refractivity contribution in [1.29, 1.82) is 0 Å². The van der Waals surface area contributed by atoms with Crippen LogP contribution in [0.15, 0.2) is 85.3 Å². The van der Waals surface area contributed by atoms with Crippen molar-refractivity contribution in [2.24, 2.45) is 0 Å². The molecule has 0 saturated heterocycles. The van der Waals surface area contributed by atoms with Crippen LogP contribution in [0.5, 0.6) is 0 Å². The van der Waals surface area contributed by atoms with Crippen LogP contribution in [0.3, 0.4) is 0 Å². The number of hydrogen-bond acceptors (Lipinski definition) is 6. The number of nitrogens with one attached hydrogen (secondary N) is 2. The van der Waals surface area contributed by atoms with Crippen LogP contribution in [0.4, 0.5) is 5.69 Å². The van der Waals surface area contributed by atoms with Crippen LogP contribution in [0, 0.1) is 0 Å². The number of amides is 1. The summed E-state index contributed by atoms with van der Waals surface area (Å²) in [5.74, 6) is -0.543. The lowest BCUT2D eigenvalue weighted by Crippen LogP contribution is -2.17. The summed E-state index contributed by atoms with van der Waals surface area (Å²) in [5, 5.41) is 10.6. The van der Waals surface area contributed by atoms with Gasteiger partial charge >= 0.3 is 5.97 Å². The van der Waals surface area contributed by atoms with Crippen molar-refractivity contribution in [3.8, 4) is 5.69 Å². The Morgan fingerprint density at radius 2 is 1.79 bits per heavy atom. The normalized spacial score (nSPS) is 10.9. The van der Waals surface area contributed by atoms with E-state index in [0.29, 0.717) is 37.4 Å². The second kappa shape index (κ2) is 11.6. The van der Waals surface area contributed by atoms with Gasteiger partial charge in [-0.2, -0.15) is 5.10 Å². The maximum atomic E-state index is 12.5. The number of aromatic nitrogens is 4. The predicted octanol–water partition coefficient (Wildman–Crippen LogP) is 4.46. The van der Waals surface area contributed by atoms with Gasteiger partial charge in [-0.05, 0) is 61.4 Å². The Morgan fingerprint density at radius 1 is 1.00 bits per heavy atom. The SMILES string of the molecule is CCOC(=O)c1nn(Cc2ccccc2)cc1CCNc1ccc(-n2cnc3cc(C(=O)NC)ccc32)cc1. The Kier molecular flexibility index (Phi) is 7.68. The van der Waals surface area contributed by atoms with Gasteiger partial charge in [0.15, 0.2) is 5.69 Å². The van der Waals surface area contributed by atoms with Crippen molar-refractivity contribution in [2.75, 3.05) is 25.5 Å². The van der Waals surface area contributed by atoms with Gasteiger partial charge < -0.3 is 15.4 Å². The molecule has 1 amide bonds. The smallest absolute Gasteiger partial charge is 0.359 e. The topological polar surface area (TPSA) is 103 Å². The summed E-state index contributed by atoms with van der Waals surface area (Å²) in [6.07, 6.45) is 4.29. The number of nitrogens with zero attached hydrogens (tertiary/aromatic N) is 4. The highest BCUT2D eigenvalue weighted by molar-refractivity contribution is 5.97. The molecule has 0 fully saturated rings. The van der Waals surface area contributed by atoms with E-state index in [0.717, 1.165) is 33.5 Å². The van der Waals surface area contributed by atoms with Crippen molar-refractivity contribution in [3.05, 3.63) is 108 Å². The Labute approximate surface area is 226 Å². The second-order valence-electron chi connectivity index (χ2n) is 9.03. The molecule has 0 aliphatic heterocycles. The highest BCUT2D eigenvalue weighted by Crippen LogP contribution is 2.21. The van der Waals surface area contributed by atoms with Crippen molar-refractivity contribution >= 4 is 28.6 Å². The molecule has 0 bridgehead atoms. The Hall–Kier alpha value is -4.92. The quantitative estimate of drug-likeness (QED) is 0.263. The average molecular weight is 523 g/mol. The van der Waals surface area contributed by atoms with E-state index >= 15 is 0 Å². The molecule has 9 heteroatoms. The molecule has 0 aliphatic carbocycles. The van der Waals surface area contributed by atoms with E-state index in [-0.39, 0.29) is 5.91 Å². The Morgan fingerprint density at radius 3 is 2.54 bits per heavy atom. The van der Waals surface area contributed by atoms with Crippen LogP contribution < -0.4 is 10.6 Å². The number of imidazole rings is 1. The van der Waals surface area contributed by atoms with Crippen molar-refractivity contribution in [2.45, 2.75) is 19.9 Å². The third-order valence-electron chi connectivity index (χ3n) is 6.40. The fraction of sp³-hybridized carbons (Fsp3) is 0.200. The molecule has 0 spiro atoms. The van der Waals surface area contributed by atoms with Crippen molar-refractivity contribution in [3.63, 3.8) is 0 Å². The van der Waals surface area contributed by atoms with Gasteiger partial charge in [-0.3, -0.25) is 14.0 Å². The molecule has 2 heterocycles. The number of anilines is 1. The standard InChI is InChI=1S/C30H30N6O3/c1-3-39-30(38)28-23(19-35(34-28)18-21-7-5-4-6-8-21)15-16-32-24-10-12-25(13-11-24)36-20-33-26-17-22(29(37)31-2)9-14-27(26)36/h4-14,17,19-20,32H,3,15-16,18H2,1-2H3,(H,31,37). The number of esters is 1. The van der Waals surface area contributed by atoms with Crippen LogP contribution in [0.2, 0.25) is 0 Å². The average Bonchev–Trinajstić information content (AvgIpc) is 3.57. The molecule has 2 aromatic heterocycles. The lowest BCUT2D eigenvalue weighted by molar-refractivity contribution is 0.0517. The van der Waals surface area contributed by atoms with Gasteiger partial charge in [0.05, 0.1) is 24.2 Å². The highest BCUT2D eigenvalue weighted by Gasteiger charge is 2.18. The van der Waals surface area contributed by atoms with Crippen LogP contribution in [-0.4, -0.2) is 51.4 Å². The molecule has 9 nitrogen and oxygen atoms in total. The number of rotatable bonds is 10. The highest BCUT2D eigenvalue weighted by atomic mass is 16.5. The molecule has 39 heavy (non-hydrogen) atoms. The summed E-state index contributed by atoms with van der Waals surface area (Å²) in [6.45, 7) is 3.30. The molecular formula is C30H30N6O3. The molecule has 3 aromatic carbocycles. The van der Waals surface area contributed by atoms with Crippen LogP contribution >= 0.6 is 0 Å². The first kappa shape index (κ1) is 25.7. The maximum absolute atomic E-state index is 12.5. The first-order valence-corrected chi connectivity index (χ1v) is 12.9. The minimum absolute atomic E-state index is 0.139. The summed E-state index contributed by atoms with van der Waals surface area (Å²) in [6, 6.07) is 23.5. The fourth-order valence-electron chi connectivity index (χ4n) is 4.45. The molecule has 5 aromatic rings. The zero-order valence-corrected chi connectivity index (χ0v) is 21.9. The number of carbonyl (C=O) groups is 2.